The molecule has 1 heterocycles. The highest BCUT2D eigenvalue weighted by atomic mass is 14.8. The molecule has 9 aromatic carbocycles. The fourth-order valence-electron chi connectivity index (χ4n) is 7.73. The summed E-state index contributed by atoms with van der Waals surface area (Å²) in [5, 5.41) is 9.45. The topological polar surface area (TPSA) is 25.8 Å². The maximum atomic E-state index is 5.77. The Labute approximate surface area is 290 Å². The van der Waals surface area contributed by atoms with Crippen molar-refractivity contribution in [3.63, 3.8) is 0 Å². The third-order valence-electron chi connectivity index (χ3n) is 10.1. The molecule has 0 aliphatic heterocycles. The molecule has 10 rings (SSSR count). The summed E-state index contributed by atoms with van der Waals surface area (Å²) in [6.07, 6.45) is 0. The van der Waals surface area contributed by atoms with Gasteiger partial charge in [0.25, 0.3) is 0 Å². The molecule has 0 unspecified atom stereocenters. The number of hydrogen-bond acceptors (Lipinski definition) is 2. The third-order valence-corrected chi connectivity index (χ3v) is 10.1. The zero-order chi connectivity index (χ0) is 33.0. The van der Waals surface area contributed by atoms with Crippen molar-refractivity contribution >= 4 is 54.1 Å². The van der Waals surface area contributed by atoms with Crippen LogP contribution in [0.1, 0.15) is 0 Å². The molecule has 50 heavy (non-hydrogen) atoms. The lowest BCUT2D eigenvalue weighted by molar-refractivity contribution is 1.30. The normalized spacial score (nSPS) is 11.6. The molecular weight excluding hydrogens is 605 g/mol. The number of aromatic nitrogens is 2. The maximum absolute atomic E-state index is 5.77. The van der Waals surface area contributed by atoms with Crippen molar-refractivity contribution in [3.8, 4) is 44.8 Å². The van der Waals surface area contributed by atoms with Gasteiger partial charge in [0, 0.05) is 22.3 Å². The molecule has 10 aromatic rings. The van der Waals surface area contributed by atoms with Crippen LogP contribution in [0.25, 0.3) is 98.9 Å². The molecule has 0 spiro atoms. The molecule has 0 N–H and O–H groups in total. The van der Waals surface area contributed by atoms with E-state index in [9.17, 15) is 0 Å². The summed E-state index contributed by atoms with van der Waals surface area (Å²) < 4.78 is 0. The molecule has 0 bridgehead atoms. The standard InChI is InChI=1S/C48H30N2/c1-5-21-35-31(13-1)17-9-25-39(35)43-29-30-44(40-26-10-18-32-14-2-6-22-36(32)40)48-47(43)49-45(41-27-11-19-33-15-3-7-23-37(33)41)46(50-48)42-28-12-20-34-16-4-8-24-38(34)42/h1-30H. The van der Waals surface area contributed by atoms with Gasteiger partial charge in [-0.15, -0.1) is 0 Å². The van der Waals surface area contributed by atoms with Crippen molar-refractivity contribution in [3.05, 3.63) is 182 Å². The quantitative estimate of drug-likeness (QED) is 0.192. The predicted octanol–water partition coefficient (Wildman–Crippen LogP) is 12.9. The molecule has 0 saturated heterocycles. The fraction of sp³-hybridized carbons (Fsp3) is 0. The second-order valence-electron chi connectivity index (χ2n) is 12.9. The summed E-state index contributed by atoms with van der Waals surface area (Å²) in [4.78, 5) is 11.5. The van der Waals surface area contributed by atoms with E-state index in [4.69, 9.17) is 9.97 Å². The highest BCUT2D eigenvalue weighted by molar-refractivity contribution is 6.12. The first kappa shape index (κ1) is 28.4. The van der Waals surface area contributed by atoms with E-state index in [2.05, 4.69) is 182 Å². The van der Waals surface area contributed by atoms with E-state index in [1.807, 2.05) is 0 Å². The van der Waals surface area contributed by atoms with Gasteiger partial charge >= 0.3 is 0 Å². The summed E-state index contributed by atoms with van der Waals surface area (Å²) in [5.41, 5.74) is 10.1. The van der Waals surface area contributed by atoms with E-state index in [-0.39, 0.29) is 0 Å². The Morgan fingerprint density at radius 2 is 0.500 bits per heavy atom. The van der Waals surface area contributed by atoms with Crippen molar-refractivity contribution in [1.82, 2.24) is 9.97 Å². The molecule has 0 saturated carbocycles. The van der Waals surface area contributed by atoms with Crippen molar-refractivity contribution in [2.24, 2.45) is 0 Å². The van der Waals surface area contributed by atoms with Crippen LogP contribution < -0.4 is 0 Å². The monoisotopic (exact) mass is 634 g/mol. The average molecular weight is 635 g/mol. The second-order valence-corrected chi connectivity index (χ2v) is 12.9. The van der Waals surface area contributed by atoms with E-state index >= 15 is 0 Å². The van der Waals surface area contributed by atoms with Crippen LogP contribution in [0, 0.1) is 0 Å². The Balaban J connectivity index is 1.40. The van der Waals surface area contributed by atoms with Gasteiger partial charge in [-0.05, 0) is 54.2 Å². The Morgan fingerprint density at radius 3 is 0.860 bits per heavy atom. The third kappa shape index (κ3) is 4.50. The van der Waals surface area contributed by atoms with Gasteiger partial charge in [-0.3, -0.25) is 0 Å². The second kappa shape index (κ2) is 11.5. The summed E-state index contributed by atoms with van der Waals surface area (Å²) in [6, 6.07) is 64.9. The van der Waals surface area contributed by atoms with Gasteiger partial charge in [0.05, 0.1) is 22.4 Å². The van der Waals surface area contributed by atoms with Gasteiger partial charge in [-0.1, -0.05) is 182 Å². The molecule has 0 radical (unpaired) electrons. The number of hydrogen-bond donors (Lipinski definition) is 0. The largest absolute Gasteiger partial charge is 0.243 e. The molecule has 0 aliphatic rings. The van der Waals surface area contributed by atoms with Crippen LogP contribution in [0.4, 0.5) is 0 Å². The maximum Gasteiger partial charge on any atom is 0.0979 e. The van der Waals surface area contributed by atoms with Crippen molar-refractivity contribution < 1.29 is 0 Å². The molecule has 1 aromatic heterocycles. The molecule has 0 amide bonds. The van der Waals surface area contributed by atoms with Crippen LogP contribution >= 0.6 is 0 Å². The lowest BCUT2D eigenvalue weighted by atomic mass is 9.91. The smallest absolute Gasteiger partial charge is 0.0979 e. The highest BCUT2D eigenvalue weighted by Crippen LogP contribution is 2.43. The lowest BCUT2D eigenvalue weighted by Gasteiger charge is -2.18. The van der Waals surface area contributed by atoms with E-state index in [0.717, 1.165) is 66.6 Å². The summed E-state index contributed by atoms with van der Waals surface area (Å²) in [5.74, 6) is 0. The van der Waals surface area contributed by atoms with Crippen LogP contribution in [-0.2, 0) is 0 Å². The van der Waals surface area contributed by atoms with Gasteiger partial charge in [0.1, 0.15) is 0 Å². The molecule has 0 aliphatic carbocycles. The van der Waals surface area contributed by atoms with Crippen molar-refractivity contribution in [2.45, 2.75) is 0 Å². The Kier molecular flexibility index (Phi) is 6.53. The zero-order valence-corrected chi connectivity index (χ0v) is 27.2. The molecule has 0 fully saturated rings. The van der Waals surface area contributed by atoms with Crippen molar-refractivity contribution in [2.75, 3.05) is 0 Å². The minimum Gasteiger partial charge on any atom is -0.243 e. The lowest BCUT2D eigenvalue weighted by Crippen LogP contribution is -2.00. The number of nitrogens with zero attached hydrogens (tertiary/aromatic N) is 2. The first-order chi connectivity index (χ1) is 24.8. The van der Waals surface area contributed by atoms with Gasteiger partial charge in [0.15, 0.2) is 0 Å². The fourth-order valence-corrected chi connectivity index (χ4v) is 7.73. The van der Waals surface area contributed by atoms with Gasteiger partial charge in [-0.2, -0.15) is 0 Å². The number of fused-ring (bicyclic) bond motifs is 5. The Morgan fingerprint density at radius 1 is 0.220 bits per heavy atom. The predicted molar refractivity (Wildman–Crippen MR) is 211 cm³/mol. The van der Waals surface area contributed by atoms with E-state index in [1.54, 1.807) is 0 Å². The van der Waals surface area contributed by atoms with E-state index < -0.39 is 0 Å². The molecule has 2 heteroatoms. The highest BCUT2D eigenvalue weighted by Gasteiger charge is 2.22. The van der Waals surface area contributed by atoms with E-state index in [0.29, 0.717) is 0 Å². The minimum atomic E-state index is 0.877. The zero-order valence-electron chi connectivity index (χ0n) is 27.2. The molecule has 0 atom stereocenters. The van der Waals surface area contributed by atoms with Gasteiger partial charge in [-0.25, -0.2) is 9.97 Å². The number of benzene rings is 9. The molecule has 232 valence electrons. The molecular formula is C48H30N2. The van der Waals surface area contributed by atoms with Gasteiger partial charge in [0.2, 0.25) is 0 Å². The van der Waals surface area contributed by atoms with Crippen LogP contribution in [0.2, 0.25) is 0 Å². The first-order valence-electron chi connectivity index (χ1n) is 17.1. The summed E-state index contributed by atoms with van der Waals surface area (Å²) >= 11 is 0. The van der Waals surface area contributed by atoms with Crippen LogP contribution in [0.3, 0.4) is 0 Å². The van der Waals surface area contributed by atoms with Crippen LogP contribution in [0.15, 0.2) is 182 Å². The average Bonchev–Trinajstić information content (AvgIpc) is 3.19. The van der Waals surface area contributed by atoms with Crippen LogP contribution in [-0.4, -0.2) is 9.97 Å². The summed E-state index contributed by atoms with van der Waals surface area (Å²) in [7, 11) is 0. The molecule has 2 nitrogen and oxygen atoms in total. The van der Waals surface area contributed by atoms with Crippen molar-refractivity contribution in [1.29, 1.82) is 0 Å². The minimum absolute atomic E-state index is 0.877. The Hall–Kier alpha value is -6.64. The van der Waals surface area contributed by atoms with E-state index in [1.165, 1.54) is 32.3 Å². The van der Waals surface area contributed by atoms with Crippen LogP contribution in [0.5, 0.6) is 0 Å². The van der Waals surface area contributed by atoms with Gasteiger partial charge < -0.3 is 0 Å². The first-order valence-corrected chi connectivity index (χ1v) is 17.1. The summed E-state index contributed by atoms with van der Waals surface area (Å²) in [6.45, 7) is 0. The SMILES string of the molecule is c1ccc2c(-c3nc4c(-c5cccc6ccccc56)ccc(-c5cccc6ccccc56)c4nc3-c3cccc4ccccc34)cccc2c1. The Bertz CT molecular complexity index is 2720. The number of rotatable bonds is 4.